The molecule has 7 heteroatoms. The van der Waals surface area contributed by atoms with Crippen molar-refractivity contribution >= 4 is 29.4 Å². The Bertz CT molecular complexity index is 644. The number of benzene rings is 1. The second-order valence-electron chi connectivity index (χ2n) is 4.41. The topological polar surface area (TPSA) is 63.7 Å². The van der Waals surface area contributed by atoms with Gasteiger partial charge in [0.25, 0.3) is 0 Å². The Hall–Kier alpha value is -2.15. The van der Waals surface area contributed by atoms with Gasteiger partial charge in [-0.2, -0.15) is 0 Å². The summed E-state index contributed by atoms with van der Waals surface area (Å²) in [6.07, 6.45) is 1.17. The van der Waals surface area contributed by atoms with E-state index in [0.717, 1.165) is 11.8 Å². The first-order valence-corrected chi connectivity index (χ1v) is 7.60. The van der Waals surface area contributed by atoms with Gasteiger partial charge in [0.15, 0.2) is 5.78 Å². The van der Waals surface area contributed by atoms with Crippen LogP contribution >= 0.6 is 11.8 Å². The van der Waals surface area contributed by atoms with E-state index < -0.39 is 17.6 Å². The molecule has 22 heavy (non-hydrogen) atoms. The van der Waals surface area contributed by atoms with Gasteiger partial charge >= 0.3 is 5.97 Å². The first kappa shape index (κ1) is 16.2. The van der Waals surface area contributed by atoms with E-state index in [0.29, 0.717) is 5.03 Å². The van der Waals surface area contributed by atoms with E-state index in [1.165, 1.54) is 29.2 Å². The zero-order valence-corrected chi connectivity index (χ0v) is 12.7. The van der Waals surface area contributed by atoms with Crippen LogP contribution < -0.4 is 0 Å². The quantitative estimate of drug-likeness (QED) is 0.471. The number of ketones is 1. The third-order valence-electron chi connectivity index (χ3n) is 2.91. The van der Waals surface area contributed by atoms with Crippen LogP contribution in [0.2, 0.25) is 0 Å². The molecule has 0 radical (unpaired) electrons. The number of ether oxygens (including phenoxy) is 1. The van der Waals surface area contributed by atoms with Crippen LogP contribution in [0.3, 0.4) is 0 Å². The Morgan fingerprint density at radius 2 is 2.14 bits per heavy atom. The molecule has 1 heterocycles. The molecule has 0 aromatic heterocycles. The van der Waals surface area contributed by atoms with Crippen molar-refractivity contribution in [2.45, 2.75) is 6.92 Å². The lowest BCUT2D eigenvalue weighted by Crippen LogP contribution is -2.31. The number of hydrogen-bond acceptors (Lipinski definition) is 5. The maximum absolute atomic E-state index is 13.6. The summed E-state index contributed by atoms with van der Waals surface area (Å²) in [6.45, 7) is 1.58. The molecule has 1 saturated heterocycles. The van der Waals surface area contributed by atoms with E-state index in [1.54, 1.807) is 13.0 Å². The predicted octanol–water partition coefficient (Wildman–Crippen LogP) is 1.99. The van der Waals surface area contributed by atoms with E-state index in [1.807, 2.05) is 0 Å². The number of Topliss-reactive ketones (excluding diaryl/α,β-unsaturated/α-hetero) is 1. The molecule has 1 fully saturated rings. The van der Waals surface area contributed by atoms with E-state index in [4.69, 9.17) is 4.74 Å². The smallest absolute Gasteiger partial charge is 0.333 e. The third-order valence-corrected chi connectivity index (χ3v) is 3.94. The van der Waals surface area contributed by atoms with Gasteiger partial charge < -0.3 is 4.74 Å². The van der Waals surface area contributed by atoms with Crippen LogP contribution in [0.4, 0.5) is 4.39 Å². The van der Waals surface area contributed by atoms with Gasteiger partial charge in [0, 0.05) is 0 Å². The van der Waals surface area contributed by atoms with Gasteiger partial charge in [0.05, 0.1) is 35.6 Å². The largest absolute Gasteiger partial charge is 0.463 e. The van der Waals surface area contributed by atoms with Crippen molar-refractivity contribution in [3.05, 3.63) is 46.8 Å². The Labute approximate surface area is 131 Å². The standard InChI is InChI=1S/C15H14FNO4S/c1-2-21-15(20)7-14-17(13(19)9-22-14)8-12(18)10-5-3-4-6-11(10)16/h3-7H,2,8-9H2,1H3/b14-7-. The number of carbonyl (C=O) groups excluding carboxylic acids is 3. The van der Waals surface area contributed by atoms with Crippen molar-refractivity contribution in [1.29, 1.82) is 0 Å². The van der Waals surface area contributed by atoms with Gasteiger partial charge in [-0.25, -0.2) is 9.18 Å². The summed E-state index contributed by atoms with van der Waals surface area (Å²) in [5, 5.41) is 0.341. The van der Waals surface area contributed by atoms with Crippen molar-refractivity contribution < 1.29 is 23.5 Å². The van der Waals surface area contributed by atoms with Crippen molar-refractivity contribution in [3.8, 4) is 0 Å². The summed E-state index contributed by atoms with van der Waals surface area (Å²) >= 11 is 1.14. The van der Waals surface area contributed by atoms with Gasteiger partial charge in [-0.15, -0.1) is 0 Å². The highest BCUT2D eigenvalue weighted by atomic mass is 32.2. The lowest BCUT2D eigenvalue weighted by molar-refractivity contribution is -0.137. The number of thioether (sulfide) groups is 1. The minimum absolute atomic E-state index is 0.0808. The summed E-state index contributed by atoms with van der Waals surface area (Å²) < 4.78 is 18.4. The number of nitrogens with zero attached hydrogens (tertiary/aromatic N) is 1. The molecule has 5 nitrogen and oxygen atoms in total. The van der Waals surface area contributed by atoms with Crippen LogP contribution in [0.15, 0.2) is 35.4 Å². The number of esters is 1. The van der Waals surface area contributed by atoms with Gasteiger partial charge in [-0.1, -0.05) is 23.9 Å². The van der Waals surface area contributed by atoms with Crippen LogP contribution in [0.1, 0.15) is 17.3 Å². The molecule has 0 spiro atoms. The number of amides is 1. The summed E-state index contributed by atoms with van der Waals surface area (Å²) in [6, 6.07) is 5.57. The van der Waals surface area contributed by atoms with Gasteiger partial charge in [0.2, 0.25) is 5.91 Å². The number of halogens is 1. The Kier molecular flexibility index (Phi) is 5.32. The van der Waals surface area contributed by atoms with E-state index >= 15 is 0 Å². The van der Waals surface area contributed by atoms with Gasteiger partial charge in [-0.3, -0.25) is 14.5 Å². The van der Waals surface area contributed by atoms with Crippen molar-refractivity contribution in [2.75, 3.05) is 18.9 Å². The van der Waals surface area contributed by atoms with Crippen molar-refractivity contribution in [1.82, 2.24) is 4.90 Å². The minimum atomic E-state index is -0.636. The van der Waals surface area contributed by atoms with Crippen molar-refractivity contribution in [2.24, 2.45) is 0 Å². The number of carbonyl (C=O) groups is 3. The molecule has 116 valence electrons. The van der Waals surface area contributed by atoms with Crippen LogP contribution in [-0.2, 0) is 14.3 Å². The monoisotopic (exact) mass is 323 g/mol. The Balaban J connectivity index is 2.15. The molecule has 0 aliphatic carbocycles. The second-order valence-corrected chi connectivity index (χ2v) is 5.40. The molecule has 1 aromatic rings. The van der Waals surface area contributed by atoms with Crippen LogP contribution in [0.5, 0.6) is 0 Å². The van der Waals surface area contributed by atoms with Crippen LogP contribution in [0, 0.1) is 5.82 Å². The van der Waals surface area contributed by atoms with E-state index in [-0.39, 0.29) is 30.4 Å². The lowest BCUT2D eigenvalue weighted by atomic mass is 10.1. The zero-order chi connectivity index (χ0) is 16.1. The summed E-state index contributed by atoms with van der Waals surface area (Å²) in [5.74, 6) is -1.91. The second kappa shape index (κ2) is 7.22. The maximum Gasteiger partial charge on any atom is 0.333 e. The summed E-state index contributed by atoms with van der Waals surface area (Å²) in [5.41, 5.74) is -0.0808. The lowest BCUT2D eigenvalue weighted by Gasteiger charge is -2.16. The van der Waals surface area contributed by atoms with Gasteiger partial charge in [0.1, 0.15) is 5.82 Å². The molecule has 1 aliphatic rings. The van der Waals surface area contributed by atoms with Gasteiger partial charge in [-0.05, 0) is 19.1 Å². The maximum atomic E-state index is 13.6. The van der Waals surface area contributed by atoms with E-state index in [2.05, 4.69) is 0 Å². The normalized spacial score (nSPS) is 16.2. The molecular weight excluding hydrogens is 309 g/mol. The fraction of sp³-hybridized carbons (Fsp3) is 0.267. The average Bonchev–Trinajstić information content (AvgIpc) is 2.81. The minimum Gasteiger partial charge on any atom is -0.463 e. The molecule has 1 amide bonds. The molecule has 0 bridgehead atoms. The Morgan fingerprint density at radius 1 is 1.41 bits per heavy atom. The molecule has 0 saturated carbocycles. The highest BCUT2D eigenvalue weighted by molar-refractivity contribution is 8.04. The molecule has 1 aromatic carbocycles. The third kappa shape index (κ3) is 3.73. The summed E-state index contributed by atoms with van der Waals surface area (Å²) in [7, 11) is 0. The fourth-order valence-electron chi connectivity index (χ4n) is 1.90. The molecule has 2 rings (SSSR count). The van der Waals surface area contributed by atoms with E-state index in [9.17, 15) is 18.8 Å². The number of hydrogen-bond donors (Lipinski definition) is 0. The molecule has 0 N–H and O–H groups in total. The molecule has 1 aliphatic heterocycles. The highest BCUT2D eigenvalue weighted by Gasteiger charge is 2.30. The fourth-order valence-corrected chi connectivity index (χ4v) is 2.83. The first-order chi connectivity index (χ1) is 10.5. The van der Waals surface area contributed by atoms with Crippen LogP contribution in [-0.4, -0.2) is 41.5 Å². The zero-order valence-electron chi connectivity index (χ0n) is 11.9. The Morgan fingerprint density at radius 3 is 2.82 bits per heavy atom. The SMILES string of the molecule is CCOC(=O)/C=C1\SCC(=O)N1CC(=O)c1ccccc1F. The molecule has 0 unspecified atom stereocenters. The van der Waals surface area contributed by atoms with Crippen molar-refractivity contribution in [3.63, 3.8) is 0 Å². The summed E-state index contributed by atoms with van der Waals surface area (Å²) in [4.78, 5) is 36.6. The molecular formula is C15H14FNO4S. The molecule has 0 atom stereocenters. The average molecular weight is 323 g/mol. The predicted molar refractivity (Wildman–Crippen MR) is 79.6 cm³/mol. The number of rotatable bonds is 5. The first-order valence-electron chi connectivity index (χ1n) is 6.62. The van der Waals surface area contributed by atoms with Crippen LogP contribution in [0.25, 0.3) is 0 Å². The highest BCUT2D eigenvalue weighted by Crippen LogP contribution is 2.29.